The molecule has 0 heterocycles. The lowest BCUT2D eigenvalue weighted by molar-refractivity contribution is -0.137. The number of fused-ring (bicyclic) bond motifs is 2. The van der Waals surface area contributed by atoms with Gasteiger partial charge in [0.1, 0.15) is 5.78 Å². The maximum Gasteiger partial charge on any atom is 0.227 e. The number of nitrogens with one attached hydrogen (secondary N) is 1. The van der Waals surface area contributed by atoms with E-state index in [1.165, 1.54) is 0 Å². The molecule has 2 fully saturated rings. The molecule has 0 spiro atoms. The molecule has 0 aliphatic heterocycles. The Balaban J connectivity index is 1.71. The number of amides is 1. The van der Waals surface area contributed by atoms with E-state index < -0.39 is 5.41 Å². The molecule has 2 aliphatic rings. The van der Waals surface area contributed by atoms with Crippen LogP contribution in [0.4, 0.5) is 0 Å². The Labute approximate surface area is 161 Å². The molecule has 1 amide bonds. The van der Waals surface area contributed by atoms with Crippen LogP contribution >= 0.6 is 0 Å². The molecule has 0 aromatic heterocycles. The van der Waals surface area contributed by atoms with Gasteiger partial charge in [-0.25, -0.2) is 0 Å². The number of hydrogen-bond donors (Lipinski definition) is 1. The van der Waals surface area contributed by atoms with Gasteiger partial charge in [0.05, 0.1) is 11.5 Å². The largest absolute Gasteiger partial charge is 0.345 e. The first kappa shape index (κ1) is 18.0. The fourth-order valence-electron chi connectivity index (χ4n) is 5.28. The zero-order valence-electron chi connectivity index (χ0n) is 16.3. The van der Waals surface area contributed by atoms with Crippen LogP contribution in [0.15, 0.2) is 60.7 Å². The van der Waals surface area contributed by atoms with Crippen LogP contribution in [0.5, 0.6) is 0 Å². The van der Waals surface area contributed by atoms with Gasteiger partial charge in [-0.05, 0) is 29.4 Å². The van der Waals surface area contributed by atoms with Crippen molar-refractivity contribution in [3.63, 3.8) is 0 Å². The van der Waals surface area contributed by atoms with Crippen LogP contribution < -0.4 is 5.32 Å². The first-order valence-electron chi connectivity index (χ1n) is 9.76. The van der Waals surface area contributed by atoms with Crippen molar-refractivity contribution in [1.29, 1.82) is 0 Å². The normalized spacial score (nSPS) is 28.5. The Kier molecular flexibility index (Phi) is 4.03. The van der Waals surface area contributed by atoms with Crippen LogP contribution in [0, 0.1) is 16.2 Å². The zero-order chi connectivity index (χ0) is 19.3. The number of ketones is 1. The first-order chi connectivity index (χ1) is 12.8. The Morgan fingerprint density at radius 3 is 1.81 bits per heavy atom. The summed E-state index contributed by atoms with van der Waals surface area (Å²) < 4.78 is 0. The van der Waals surface area contributed by atoms with E-state index in [0.717, 1.165) is 24.0 Å². The molecule has 0 unspecified atom stereocenters. The van der Waals surface area contributed by atoms with Gasteiger partial charge in [-0.15, -0.1) is 0 Å². The Bertz CT molecular complexity index is 834. The quantitative estimate of drug-likeness (QED) is 0.859. The third-order valence-electron chi connectivity index (χ3n) is 7.68. The summed E-state index contributed by atoms with van der Waals surface area (Å²) in [6, 6.07) is 19.9. The van der Waals surface area contributed by atoms with E-state index in [4.69, 9.17) is 0 Å². The third-order valence-corrected chi connectivity index (χ3v) is 7.68. The monoisotopic (exact) mass is 361 g/mol. The molecule has 3 heteroatoms. The highest BCUT2D eigenvalue weighted by Crippen LogP contribution is 2.70. The third kappa shape index (κ3) is 2.40. The van der Waals surface area contributed by atoms with Crippen LogP contribution in [0.3, 0.4) is 0 Å². The Morgan fingerprint density at radius 1 is 0.889 bits per heavy atom. The molecule has 2 saturated carbocycles. The van der Waals surface area contributed by atoms with Crippen molar-refractivity contribution in [2.75, 3.05) is 0 Å². The predicted octanol–water partition coefficient (Wildman–Crippen LogP) is 4.68. The molecule has 1 N–H and O–H groups in total. The minimum Gasteiger partial charge on any atom is -0.345 e. The van der Waals surface area contributed by atoms with Gasteiger partial charge in [-0.2, -0.15) is 0 Å². The summed E-state index contributed by atoms with van der Waals surface area (Å²) >= 11 is 0. The fourth-order valence-corrected chi connectivity index (χ4v) is 5.28. The van der Waals surface area contributed by atoms with E-state index >= 15 is 0 Å². The Morgan fingerprint density at radius 2 is 1.41 bits per heavy atom. The van der Waals surface area contributed by atoms with Gasteiger partial charge in [-0.1, -0.05) is 81.4 Å². The van der Waals surface area contributed by atoms with Gasteiger partial charge in [0.2, 0.25) is 5.91 Å². The second-order valence-corrected chi connectivity index (χ2v) is 8.87. The minimum absolute atomic E-state index is 0.0137. The number of carbonyl (C=O) groups excluding carboxylic acids is 2. The van der Waals surface area contributed by atoms with Crippen molar-refractivity contribution in [3.8, 4) is 0 Å². The zero-order valence-corrected chi connectivity index (χ0v) is 16.3. The van der Waals surface area contributed by atoms with E-state index in [1.54, 1.807) is 0 Å². The highest BCUT2D eigenvalue weighted by atomic mass is 16.2. The maximum absolute atomic E-state index is 13.6. The van der Waals surface area contributed by atoms with Gasteiger partial charge in [-0.3, -0.25) is 9.59 Å². The summed E-state index contributed by atoms with van der Waals surface area (Å²) in [6.45, 7) is 6.25. The van der Waals surface area contributed by atoms with Crippen molar-refractivity contribution in [2.24, 2.45) is 16.2 Å². The number of hydrogen-bond acceptors (Lipinski definition) is 2. The van der Waals surface area contributed by atoms with E-state index in [1.807, 2.05) is 67.6 Å². The Hall–Kier alpha value is -2.42. The molecule has 0 radical (unpaired) electrons. The van der Waals surface area contributed by atoms with Crippen LogP contribution in [-0.4, -0.2) is 11.7 Å². The molecule has 2 bridgehead atoms. The van der Waals surface area contributed by atoms with Crippen LogP contribution in [-0.2, 0) is 9.59 Å². The lowest BCUT2D eigenvalue weighted by Gasteiger charge is -2.39. The smallest absolute Gasteiger partial charge is 0.227 e. The van der Waals surface area contributed by atoms with Crippen molar-refractivity contribution in [2.45, 2.75) is 46.1 Å². The standard InChI is InChI=1S/C24H27NO2/c1-22(2)23(3)14-15-24(22,16-19(23)26)21(27)25-20(17-10-6-4-7-11-17)18-12-8-5-9-13-18/h4-13,20H,14-16H2,1-3H3,(H,25,27)/t23-,24-/m1/s1. The molecule has 2 atom stereocenters. The van der Waals surface area contributed by atoms with E-state index in [-0.39, 0.29) is 28.6 Å². The molecule has 2 aromatic carbocycles. The summed E-state index contributed by atoms with van der Waals surface area (Å²) in [5.41, 5.74) is 0.770. The van der Waals surface area contributed by atoms with E-state index in [9.17, 15) is 9.59 Å². The lowest BCUT2D eigenvalue weighted by atomic mass is 9.64. The van der Waals surface area contributed by atoms with Crippen LogP contribution in [0.1, 0.15) is 57.2 Å². The number of carbonyl (C=O) groups is 2. The minimum atomic E-state index is -0.610. The van der Waals surface area contributed by atoms with Gasteiger partial charge in [0.25, 0.3) is 0 Å². The number of benzene rings is 2. The van der Waals surface area contributed by atoms with Crippen molar-refractivity contribution in [1.82, 2.24) is 5.32 Å². The molecule has 4 rings (SSSR count). The summed E-state index contributed by atoms with van der Waals surface area (Å²) in [5, 5.41) is 3.31. The molecule has 140 valence electrons. The maximum atomic E-state index is 13.6. The summed E-state index contributed by atoms with van der Waals surface area (Å²) in [6.07, 6.45) is 1.94. The summed E-state index contributed by atoms with van der Waals surface area (Å²) in [5.74, 6) is 0.254. The van der Waals surface area contributed by atoms with Crippen LogP contribution in [0.2, 0.25) is 0 Å². The second kappa shape index (κ2) is 6.05. The highest BCUT2D eigenvalue weighted by Gasteiger charge is 2.72. The topological polar surface area (TPSA) is 46.2 Å². The van der Waals surface area contributed by atoms with Gasteiger partial charge in [0.15, 0.2) is 0 Å². The molecule has 2 aliphatic carbocycles. The molecule has 27 heavy (non-hydrogen) atoms. The van der Waals surface area contributed by atoms with E-state index in [2.05, 4.69) is 19.2 Å². The highest BCUT2D eigenvalue weighted by molar-refractivity contribution is 5.99. The average Bonchev–Trinajstić information content (AvgIpc) is 2.97. The molecular formula is C24H27NO2. The lowest BCUT2D eigenvalue weighted by Crippen LogP contribution is -2.47. The van der Waals surface area contributed by atoms with Gasteiger partial charge >= 0.3 is 0 Å². The number of rotatable bonds is 4. The number of Topliss-reactive ketones (excluding diaryl/α,β-unsaturated/α-hetero) is 1. The van der Waals surface area contributed by atoms with Crippen molar-refractivity contribution >= 4 is 11.7 Å². The van der Waals surface area contributed by atoms with Crippen molar-refractivity contribution in [3.05, 3.63) is 71.8 Å². The van der Waals surface area contributed by atoms with Gasteiger partial charge in [0, 0.05) is 11.8 Å². The molecule has 0 saturated heterocycles. The molecule has 3 nitrogen and oxygen atoms in total. The van der Waals surface area contributed by atoms with E-state index in [0.29, 0.717) is 6.42 Å². The summed E-state index contributed by atoms with van der Waals surface area (Å²) in [4.78, 5) is 26.4. The van der Waals surface area contributed by atoms with Crippen molar-refractivity contribution < 1.29 is 9.59 Å². The summed E-state index contributed by atoms with van der Waals surface area (Å²) in [7, 11) is 0. The first-order valence-corrected chi connectivity index (χ1v) is 9.76. The van der Waals surface area contributed by atoms with Gasteiger partial charge < -0.3 is 5.32 Å². The molecular weight excluding hydrogens is 334 g/mol. The van der Waals surface area contributed by atoms with Crippen LogP contribution in [0.25, 0.3) is 0 Å². The average molecular weight is 361 g/mol. The SMILES string of the molecule is CC1(C)[C@]2(C(=O)NC(c3ccccc3)c3ccccc3)CC[C@]1(C)C(=O)C2. The second-order valence-electron chi connectivity index (χ2n) is 8.87. The predicted molar refractivity (Wildman–Crippen MR) is 106 cm³/mol. The fraction of sp³-hybridized carbons (Fsp3) is 0.417. The molecule has 2 aromatic rings.